The molecule has 0 heterocycles. The van der Waals surface area contributed by atoms with Crippen molar-refractivity contribution in [2.75, 3.05) is 5.32 Å². The molecular weight excluding hydrogens is 264 g/mol. The third-order valence-corrected chi connectivity index (χ3v) is 2.88. The summed E-state index contributed by atoms with van der Waals surface area (Å²) in [4.78, 5) is 11.1. The summed E-state index contributed by atoms with van der Waals surface area (Å²) in [6.45, 7) is 1.79. The lowest BCUT2D eigenvalue weighted by atomic mass is 10.1. The van der Waals surface area contributed by atoms with Crippen molar-refractivity contribution in [3.8, 4) is 0 Å². The number of rotatable bonds is 4. The van der Waals surface area contributed by atoms with Crippen LogP contribution >= 0.6 is 0 Å². The van der Waals surface area contributed by atoms with Gasteiger partial charge in [-0.15, -0.1) is 0 Å². The van der Waals surface area contributed by atoms with E-state index < -0.39 is 17.6 Å². The van der Waals surface area contributed by atoms with Crippen LogP contribution in [-0.2, 0) is 6.54 Å². The molecule has 0 saturated heterocycles. The Morgan fingerprint density at radius 3 is 2.65 bits per heavy atom. The number of anilines is 1. The highest BCUT2D eigenvalue weighted by atomic mass is 19.1. The monoisotopic (exact) mass is 277 g/mol. The molecule has 2 aromatic carbocycles. The number of hydrogen-bond donors (Lipinski definition) is 2. The lowest BCUT2D eigenvalue weighted by Gasteiger charge is -2.11. The van der Waals surface area contributed by atoms with Gasteiger partial charge >= 0.3 is 5.97 Å². The maximum Gasteiger partial charge on any atom is 0.337 e. The van der Waals surface area contributed by atoms with Crippen molar-refractivity contribution in [3.05, 3.63) is 64.7 Å². The number of nitrogens with one attached hydrogen (secondary N) is 1. The van der Waals surface area contributed by atoms with Gasteiger partial charge in [0, 0.05) is 17.8 Å². The summed E-state index contributed by atoms with van der Waals surface area (Å²) in [6.07, 6.45) is 0. The molecule has 5 heteroatoms. The molecular formula is C15H13F2NO2. The molecule has 0 aliphatic carbocycles. The number of carboxylic acid groups (broad SMARTS) is 1. The Labute approximate surface area is 114 Å². The van der Waals surface area contributed by atoms with Crippen LogP contribution in [0.1, 0.15) is 21.5 Å². The number of carboxylic acids is 1. The molecule has 2 aromatic rings. The fourth-order valence-electron chi connectivity index (χ4n) is 1.86. The van der Waals surface area contributed by atoms with Gasteiger partial charge in [-0.2, -0.15) is 0 Å². The Kier molecular flexibility index (Phi) is 3.98. The first-order chi connectivity index (χ1) is 9.47. The Balaban J connectivity index is 2.23. The summed E-state index contributed by atoms with van der Waals surface area (Å²) in [5.41, 5.74) is 1.42. The molecule has 0 radical (unpaired) electrons. The molecule has 0 aromatic heterocycles. The van der Waals surface area contributed by atoms with Crippen LogP contribution in [0, 0.1) is 18.6 Å². The zero-order valence-electron chi connectivity index (χ0n) is 10.8. The van der Waals surface area contributed by atoms with Crippen molar-refractivity contribution in [1.82, 2.24) is 0 Å². The van der Waals surface area contributed by atoms with Crippen molar-refractivity contribution in [2.45, 2.75) is 13.5 Å². The second kappa shape index (κ2) is 5.69. The standard InChI is InChI=1S/C15H13F2NO2/c1-9-2-5-14(12(6-9)15(19)20)18-8-10-7-11(16)3-4-13(10)17/h2-7,18H,8H2,1H3,(H,19,20). The molecule has 0 unspecified atom stereocenters. The molecule has 0 amide bonds. The van der Waals surface area contributed by atoms with Crippen molar-refractivity contribution in [2.24, 2.45) is 0 Å². The van der Waals surface area contributed by atoms with Crippen LogP contribution in [0.4, 0.5) is 14.5 Å². The van der Waals surface area contributed by atoms with Gasteiger partial charge in [0.1, 0.15) is 11.6 Å². The predicted molar refractivity (Wildman–Crippen MR) is 71.8 cm³/mol. The zero-order chi connectivity index (χ0) is 14.7. The van der Waals surface area contributed by atoms with Gasteiger partial charge in [-0.3, -0.25) is 0 Å². The van der Waals surface area contributed by atoms with E-state index in [9.17, 15) is 13.6 Å². The SMILES string of the molecule is Cc1ccc(NCc2cc(F)ccc2F)c(C(=O)O)c1. The van der Waals surface area contributed by atoms with Crippen LogP contribution in [-0.4, -0.2) is 11.1 Å². The Morgan fingerprint density at radius 2 is 1.95 bits per heavy atom. The maximum atomic E-state index is 13.5. The average molecular weight is 277 g/mol. The lowest BCUT2D eigenvalue weighted by Crippen LogP contribution is -2.08. The normalized spacial score (nSPS) is 10.3. The van der Waals surface area contributed by atoms with E-state index in [1.807, 2.05) is 0 Å². The average Bonchev–Trinajstić information content (AvgIpc) is 2.40. The van der Waals surface area contributed by atoms with Gasteiger partial charge in [0.2, 0.25) is 0 Å². The highest BCUT2D eigenvalue weighted by molar-refractivity contribution is 5.94. The van der Waals surface area contributed by atoms with Crippen molar-refractivity contribution < 1.29 is 18.7 Å². The summed E-state index contributed by atoms with van der Waals surface area (Å²) >= 11 is 0. The maximum absolute atomic E-state index is 13.5. The molecule has 2 N–H and O–H groups in total. The summed E-state index contributed by atoms with van der Waals surface area (Å²) in [5.74, 6) is -2.15. The topological polar surface area (TPSA) is 49.3 Å². The summed E-state index contributed by atoms with van der Waals surface area (Å²) in [6, 6.07) is 8.03. The fraction of sp³-hybridized carbons (Fsp3) is 0.133. The third kappa shape index (κ3) is 3.12. The number of aromatic carboxylic acids is 1. The summed E-state index contributed by atoms with van der Waals surface area (Å²) in [7, 11) is 0. The minimum Gasteiger partial charge on any atom is -0.478 e. The van der Waals surface area contributed by atoms with Crippen LogP contribution in [0.3, 0.4) is 0 Å². The predicted octanol–water partition coefficient (Wildman–Crippen LogP) is 3.58. The van der Waals surface area contributed by atoms with Gasteiger partial charge in [-0.05, 0) is 37.3 Å². The fourth-order valence-corrected chi connectivity index (χ4v) is 1.86. The Bertz CT molecular complexity index is 656. The number of carbonyl (C=O) groups is 1. The first-order valence-corrected chi connectivity index (χ1v) is 5.99. The molecule has 104 valence electrons. The van der Waals surface area contributed by atoms with Crippen LogP contribution in [0.2, 0.25) is 0 Å². The molecule has 0 bridgehead atoms. The summed E-state index contributed by atoms with van der Waals surface area (Å²) in [5, 5.41) is 11.9. The van der Waals surface area contributed by atoms with E-state index in [1.165, 1.54) is 6.07 Å². The minimum absolute atomic E-state index is 0.00688. The van der Waals surface area contributed by atoms with E-state index in [0.29, 0.717) is 5.69 Å². The smallest absolute Gasteiger partial charge is 0.337 e. The molecule has 2 rings (SSSR count). The minimum atomic E-state index is -1.07. The Morgan fingerprint density at radius 1 is 1.20 bits per heavy atom. The van der Waals surface area contributed by atoms with E-state index in [1.54, 1.807) is 19.1 Å². The zero-order valence-corrected chi connectivity index (χ0v) is 10.8. The van der Waals surface area contributed by atoms with E-state index in [-0.39, 0.29) is 17.7 Å². The van der Waals surface area contributed by atoms with E-state index in [0.717, 1.165) is 23.8 Å². The van der Waals surface area contributed by atoms with Crippen LogP contribution in [0.5, 0.6) is 0 Å². The summed E-state index contributed by atoms with van der Waals surface area (Å²) < 4.78 is 26.5. The third-order valence-electron chi connectivity index (χ3n) is 2.88. The van der Waals surface area contributed by atoms with Crippen molar-refractivity contribution in [1.29, 1.82) is 0 Å². The van der Waals surface area contributed by atoms with Crippen LogP contribution < -0.4 is 5.32 Å². The first kappa shape index (κ1) is 14.0. The van der Waals surface area contributed by atoms with Crippen molar-refractivity contribution in [3.63, 3.8) is 0 Å². The largest absolute Gasteiger partial charge is 0.478 e. The van der Waals surface area contributed by atoms with Gasteiger partial charge in [-0.25, -0.2) is 13.6 Å². The van der Waals surface area contributed by atoms with Gasteiger partial charge < -0.3 is 10.4 Å². The quantitative estimate of drug-likeness (QED) is 0.898. The second-order valence-corrected chi connectivity index (χ2v) is 4.44. The molecule has 20 heavy (non-hydrogen) atoms. The van der Waals surface area contributed by atoms with Crippen LogP contribution in [0.15, 0.2) is 36.4 Å². The lowest BCUT2D eigenvalue weighted by molar-refractivity contribution is 0.0698. The number of halogens is 2. The Hall–Kier alpha value is -2.43. The highest BCUT2D eigenvalue weighted by Crippen LogP contribution is 2.19. The molecule has 0 aliphatic rings. The number of hydrogen-bond acceptors (Lipinski definition) is 2. The molecule has 0 aliphatic heterocycles. The van der Waals surface area contributed by atoms with Gasteiger partial charge in [0.25, 0.3) is 0 Å². The number of aryl methyl sites for hydroxylation is 1. The van der Waals surface area contributed by atoms with Gasteiger partial charge in [0.15, 0.2) is 0 Å². The molecule has 0 atom stereocenters. The van der Waals surface area contributed by atoms with E-state index >= 15 is 0 Å². The van der Waals surface area contributed by atoms with E-state index in [2.05, 4.69) is 5.32 Å². The van der Waals surface area contributed by atoms with Gasteiger partial charge in [-0.1, -0.05) is 11.6 Å². The molecule has 3 nitrogen and oxygen atoms in total. The van der Waals surface area contributed by atoms with E-state index in [4.69, 9.17) is 5.11 Å². The number of benzene rings is 2. The molecule has 0 fully saturated rings. The molecule has 0 spiro atoms. The highest BCUT2D eigenvalue weighted by Gasteiger charge is 2.11. The first-order valence-electron chi connectivity index (χ1n) is 5.99. The van der Waals surface area contributed by atoms with Crippen molar-refractivity contribution >= 4 is 11.7 Å². The second-order valence-electron chi connectivity index (χ2n) is 4.44. The van der Waals surface area contributed by atoms with Gasteiger partial charge in [0.05, 0.1) is 5.56 Å². The molecule has 0 saturated carbocycles. The van der Waals surface area contributed by atoms with Crippen LogP contribution in [0.25, 0.3) is 0 Å².